The number of H-pyrrole nitrogens is 1. The van der Waals surface area contributed by atoms with Gasteiger partial charge in [-0.2, -0.15) is 5.10 Å². The van der Waals surface area contributed by atoms with Crippen molar-refractivity contribution < 1.29 is 4.74 Å². The Morgan fingerprint density at radius 3 is 3.00 bits per heavy atom. The van der Waals surface area contributed by atoms with Crippen molar-refractivity contribution in [3.05, 3.63) is 46.2 Å². The van der Waals surface area contributed by atoms with E-state index in [1.807, 2.05) is 12.1 Å². The molecule has 0 aliphatic carbocycles. The summed E-state index contributed by atoms with van der Waals surface area (Å²) in [7, 11) is 0. The molecule has 1 aliphatic rings. The van der Waals surface area contributed by atoms with Crippen molar-refractivity contribution in [2.75, 3.05) is 6.61 Å². The molecule has 3 rings (SSSR count). The molecule has 0 fully saturated rings. The zero-order valence-electron chi connectivity index (χ0n) is 9.27. The Balaban J connectivity index is 2.14. The molecule has 1 aromatic heterocycles. The lowest BCUT2D eigenvalue weighted by Crippen LogP contribution is -2.10. The quantitative estimate of drug-likeness (QED) is 0.809. The number of hydrogen-bond donors (Lipinski definition) is 1. The summed E-state index contributed by atoms with van der Waals surface area (Å²) in [6.45, 7) is 0.743. The molecule has 1 aliphatic heterocycles. The minimum absolute atomic E-state index is 0.195. The van der Waals surface area contributed by atoms with Gasteiger partial charge in [-0.15, -0.1) is 0 Å². The number of benzene rings is 1. The van der Waals surface area contributed by atoms with Gasteiger partial charge in [-0.3, -0.25) is 4.79 Å². The zero-order chi connectivity index (χ0) is 11.7. The number of aryl methyl sites for hydroxylation is 1. The predicted molar refractivity (Wildman–Crippen MR) is 64.1 cm³/mol. The number of nitrogens with zero attached hydrogens (tertiary/aromatic N) is 1. The lowest BCUT2D eigenvalue weighted by Gasteiger charge is -2.19. The highest BCUT2D eigenvalue weighted by atomic mass is 16.5. The molecule has 1 aromatic carbocycles. The average Bonchev–Trinajstić information content (AvgIpc) is 2.39. The van der Waals surface area contributed by atoms with E-state index in [4.69, 9.17) is 4.74 Å². The fraction of sp³-hybridized carbons (Fsp3) is 0.231. The van der Waals surface area contributed by atoms with Gasteiger partial charge in [0.05, 0.1) is 12.3 Å². The van der Waals surface area contributed by atoms with Gasteiger partial charge >= 0.3 is 0 Å². The maximum Gasteiger partial charge on any atom is 0.264 e. The van der Waals surface area contributed by atoms with Crippen molar-refractivity contribution in [2.45, 2.75) is 12.8 Å². The van der Waals surface area contributed by atoms with Gasteiger partial charge < -0.3 is 4.74 Å². The number of aromatic amines is 1. The molecule has 0 amide bonds. The monoisotopic (exact) mass is 228 g/mol. The summed E-state index contributed by atoms with van der Waals surface area (Å²) in [6, 6.07) is 9.22. The van der Waals surface area contributed by atoms with Gasteiger partial charge in [0.2, 0.25) is 0 Å². The Morgan fingerprint density at radius 2 is 2.18 bits per heavy atom. The molecule has 0 atom stereocenters. The minimum atomic E-state index is -0.195. The SMILES string of the molecule is O=c1ccc(-c2cccc3c2OCCC3)n[nH]1. The topological polar surface area (TPSA) is 55.0 Å². The van der Waals surface area contributed by atoms with E-state index in [0.29, 0.717) is 0 Å². The molecule has 2 aromatic rings. The summed E-state index contributed by atoms with van der Waals surface area (Å²) in [5, 5.41) is 6.48. The maximum absolute atomic E-state index is 11.0. The van der Waals surface area contributed by atoms with Crippen LogP contribution >= 0.6 is 0 Å². The summed E-state index contributed by atoms with van der Waals surface area (Å²) in [5.41, 5.74) is 2.70. The normalized spacial score (nSPS) is 13.9. The second-order valence-corrected chi connectivity index (χ2v) is 4.05. The third-order valence-electron chi connectivity index (χ3n) is 2.89. The Kier molecular flexibility index (Phi) is 2.40. The van der Waals surface area contributed by atoms with E-state index in [2.05, 4.69) is 16.3 Å². The Hall–Kier alpha value is -2.10. The maximum atomic E-state index is 11.0. The third kappa shape index (κ3) is 1.82. The van der Waals surface area contributed by atoms with Crippen LogP contribution in [-0.4, -0.2) is 16.8 Å². The molecule has 0 bridgehead atoms. The molecule has 4 nitrogen and oxygen atoms in total. The van der Waals surface area contributed by atoms with E-state index in [9.17, 15) is 4.79 Å². The summed E-state index contributed by atoms with van der Waals surface area (Å²) in [5.74, 6) is 0.901. The van der Waals surface area contributed by atoms with E-state index < -0.39 is 0 Å². The van der Waals surface area contributed by atoms with Crippen LogP contribution in [0.1, 0.15) is 12.0 Å². The first-order valence-electron chi connectivity index (χ1n) is 5.65. The number of aromatic nitrogens is 2. The van der Waals surface area contributed by atoms with Crippen LogP contribution in [0.15, 0.2) is 35.1 Å². The van der Waals surface area contributed by atoms with Crippen LogP contribution in [0, 0.1) is 0 Å². The van der Waals surface area contributed by atoms with Gasteiger partial charge in [-0.05, 0) is 30.5 Å². The van der Waals surface area contributed by atoms with Crippen molar-refractivity contribution in [1.29, 1.82) is 0 Å². The Bertz CT molecular complexity index is 584. The smallest absolute Gasteiger partial charge is 0.264 e. The fourth-order valence-corrected chi connectivity index (χ4v) is 2.09. The number of para-hydroxylation sites is 1. The molecule has 4 heteroatoms. The van der Waals surface area contributed by atoms with Gasteiger partial charge in [0.15, 0.2) is 0 Å². The van der Waals surface area contributed by atoms with Crippen molar-refractivity contribution in [3.63, 3.8) is 0 Å². The molecular formula is C13H12N2O2. The summed E-state index contributed by atoms with van der Waals surface area (Å²) in [4.78, 5) is 11.0. The standard InChI is InChI=1S/C13H12N2O2/c16-12-7-6-11(14-15-12)10-5-1-3-9-4-2-8-17-13(9)10/h1,3,5-7H,2,4,8H2,(H,15,16). The van der Waals surface area contributed by atoms with Gasteiger partial charge in [-0.1, -0.05) is 12.1 Å². The van der Waals surface area contributed by atoms with Gasteiger partial charge in [0.1, 0.15) is 5.75 Å². The predicted octanol–water partition coefficient (Wildman–Crippen LogP) is 1.76. The highest BCUT2D eigenvalue weighted by Crippen LogP contribution is 2.34. The first-order chi connectivity index (χ1) is 8.34. The molecule has 0 radical (unpaired) electrons. The van der Waals surface area contributed by atoms with Crippen LogP contribution in [0.5, 0.6) is 5.75 Å². The second-order valence-electron chi connectivity index (χ2n) is 4.05. The van der Waals surface area contributed by atoms with Crippen LogP contribution in [0.3, 0.4) is 0 Å². The van der Waals surface area contributed by atoms with Gasteiger partial charge in [-0.25, -0.2) is 5.10 Å². The van der Waals surface area contributed by atoms with E-state index in [-0.39, 0.29) is 5.56 Å². The number of hydrogen-bond acceptors (Lipinski definition) is 3. The third-order valence-corrected chi connectivity index (χ3v) is 2.89. The molecule has 86 valence electrons. The zero-order valence-corrected chi connectivity index (χ0v) is 9.27. The lowest BCUT2D eigenvalue weighted by molar-refractivity contribution is 0.289. The van der Waals surface area contributed by atoms with E-state index in [1.54, 1.807) is 6.07 Å². The minimum Gasteiger partial charge on any atom is -0.493 e. The first kappa shape index (κ1) is 10.1. The molecule has 2 heterocycles. The molecular weight excluding hydrogens is 216 g/mol. The number of rotatable bonds is 1. The molecule has 0 saturated carbocycles. The van der Waals surface area contributed by atoms with Crippen LogP contribution in [0.2, 0.25) is 0 Å². The average molecular weight is 228 g/mol. The fourth-order valence-electron chi connectivity index (χ4n) is 2.09. The van der Waals surface area contributed by atoms with E-state index in [0.717, 1.165) is 36.5 Å². The van der Waals surface area contributed by atoms with E-state index in [1.165, 1.54) is 11.6 Å². The molecule has 0 saturated heterocycles. The van der Waals surface area contributed by atoms with Crippen LogP contribution < -0.4 is 10.3 Å². The molecule has 17 heavy (non-hydrogen) atoms. The largest absolute Gasteiger partial charge is 0.493 e. The van der Waals surface area contributed by atoms with Gasteiger partial charge in [0, 0.05) is 11.6 Å². The van der Waals surface area contributed by atoms with Crippen molar-refractivity contribution >= 4 is 0 Å². The molecule has 0 unspecified atom stereocenters. The first-order valence-corrected chi connectivity index (χ1v) is 5.65. The number of ether oxygens (including phenoxy) is 1. The number of nitrogens with one attached hydrogen (secondary N) is 1. The highest BCUT2D eigenvalue weighted by Gasteiger charge is 2.15. The Labute approximate surface area is 98.3 Å². The van der Waals surface area contributed by atoms with Crippen LogP contribution in [-0.2, 0) is 6.42 Å². The Morgan fingerprint density at radius 1 is 1.24 bits per heavy atom. The summed E-state index contributed by atoms with van der Waals surface area (Å²) in [6.07, 6.45) is 2.09. The second kappa shape index (κ2) is 4.05. The number of fused-ring (bicyclic) bond motifs is 1. The lowest BCUT2D eigenvalue weighted by atomic mass is 10.0. The van der Waals surface area contributed by atoms with E-state index >= 15 is 0 Å². The van der Waals surface area contributed by atoms with Crippen molar-refractivity contribution in [2.24, 2.45) is 0 Å². The molecule has 1 N–H and O–H groups in total. The van der Waals surface area contributed by atoms with Gasteiger partial charge in [0.25, 0.3) is 5.56 Å². The summed E-state index contributed by atoms with van der Waals surface area (Å²) < 4.78 is 5.71. The highest BCUT2D eigenvalue weighted by molar-refractivity contribution is 5.69. The van der Waals surface area contributed by atoms with Crippen LogP contribution in [0.4, 0.5) is 0 Å². The van der Waals surface area contributed by atoms with Crippen molar-refractivity contribution in [1.82, 2.24) is 10.2 Å². The van der Waals surface area contributed by atoms with Crippen molar-refractivity contribution in [3.8, 4) is 17.0 Å². The summed E-state index contributed by atoms with van der Waals surface area (Å²) >= 11 is 0. The van der Waals surface area contributed by atoms with Crippen LogP contribution in [0.25, 0.3) is 11.3 Å². The molecule has 0 spiro atoms.